The highest BCUT2D eigenvalue weighted by Crippen LogP contribution is 2.34. The van der Waals surface area contributed by atoms with Crippen molar-refractivity contribution in [2.75, 3.05) is 6.61 Å². The average Bonchev–Trinajstić information content (AvgIpc) is 3.06. The number of nitrogens with zero attached hydrogens (tertiary/aromatic N) is 3. The molecule has 5 heteroatoms. The second-order valence-electron chi connectivity index (χ2n) is 4.77. The molecule has 0 radical (unpaired) electrons. The van der Waals surface area contributed by atoms with E-state index in [9.17, 15) is 0 Å². The van der Waals surface area contributed by atoms with Gasteiger partial charge in [0.05, 0.1) is 18.5 Å². The highest BCUT2D eigenvalue weighted by atomic mass is 16.5. The zero-order chi connectivity index (χ0) is 13.2. The van der Waals surface area contributed by atoms with Crippen molar-refractivity contribution in [3.05, 3.63) is 29.5 Å². The summed E-state index contributed by atoms with van der Waals surface area (Å²) in [5.41, 5.74) is 10.3. The largest absolute Gasteiger partial charge is 0.493 e. The Hall–Kier alpha value is -1.88. The van der Waals surface area contributed by atoms with Gasteiger partial charge in [-0.2, -0.15) is 0 Å². The molecule has 2 heterocycles. The number of hydrogen-bond donors (Lipinski definition) is 1. The van der Waals surface area contributed by atoms with Crippen LogP contribution in [0.15, 0.2) is 18.3 Å². The topological polar surface area (TPSA) is 66.0 Å². The molecule has 1 aliphatic rings. The zero-order valence-electron chi connectivity index (χ0n) is 11.1. The van der Waals surface area contributed by atoms with Crippen molar-refractivity contribution >= 4 is 0 Å². The van der Waals surface area contributed by atoms with Crippen LogP contribution in [-0.4, -0.2) is 21.6 Å². The van der Waals surface area contributed by atoms with Crippen LogP contribution in [0.2, 0.25) is 0 Å². The fourth-order valence-corrected chi connectivity index (χ4v) is 2.55. The molecule has 100 valence electrons. The lowest BCUT2D eigenvalue weighted by atomic mass is 10.0. The molecule has 1 aromatic carbocycles. The molecule has 1 aliphatic heterocycles. The molecule has 19 heavy (non-hydrogen) atoms. The van der Waals surface area contributed by atoms with Crippen LogP contribution in [0.4, 0.5) is 0 Å². The fraction of sp³-hybridized carbons (Fsp3) is 0.429. The Morgan fingerprint density at radius 3 is 3.11 bits per heavy atom. The van der Waals surface area contributed by atoms with Crippen molar-refractivity contribution in [1.82, 2.24) is 15.0 Å². The number of ether oxygens (including phenoxy) is 1. The minimum absolute atomic E-state index is 0.492. The monoisotopic (exact) mass is 258 g/mol. The Kier molecular flexibility index (Phi) is 3.21. The summed E-state index contributed by atoms with van der Waals surface area (Å²) in [6, 6.07) is 4.27. The van der Waals surface area contributed by atoms with Gasteiger partial charge in [0, 0.05) is 30.6 Å². The number of aromatic nitrogens is 3. The molecule has 2 N–H and O–H groups in total. The van der Waals surface area contributed by atoms with E-state index < -0.39 is 0 Å². The summed E-state index contributed by atoms with van der Waals surface area (Å²) in [5, 5.41) is 8.15. The highest BCUT2D eigenvalue weighted by molar-refractivity contribution is 5.64. The highest BCUT2D eigenvalue weighted by Gasteiger charge is 2.18. The van der Waals surface area contributed by atoms with Gasteiger partial charge in [0.1, 0.15) is 5.75 Å². The molecule has 0 fully saturated rings. The van der Waals surface area contributed by atoms with Crippen LogP contribution in [0.25, 0.3) is 11.3 Å². The summed E-state index contributed by atoms with van der Waals surface area (Å²) in [7, 11) is 0. The van der Waals surface area contributed by atoms with Crippen LogP contribution in [0.1, 0.15) is 24.5 Å². The van der Waals surface area contributed by atoms with Gasteiger partial charge in [0.25, 0.3) is 0 Å². The van der Waals surface area contributed by atoms with Gasteiger partial charge in [0.2, 0.25) is 0 Å². The quantitative estimate of drug-likeness (QED) is 0.907. The summed E-state index contributed by atoms with van der Waals surface area (Å²) >= 11 is 0. The third-order valence-electron chi connectivity index (χ3n) is 3.43. The number of aryl methyl sites for hydroxylation is 1. The molecule has 1 aromatic heterocycles. The number of hydrogen-bond acceptors (Lipinski definition) is 4. The van der Waals surface area contributed by atoms with E-state index in [1.165, 1.54) is 5.56 Å². The predicted octanol–water partition coefficient (Wildman–Crippen LogP) is 1.75. The predicted molar refractivity (Wildman–Crippen MR) is 72.8 cm³/mol. The Bertz CT molecular complexity index is 591. The van der Waals surface area contributed by atoms with Gasteiger partial charge in [0.15, 0.2) is 0 Å². The second kappa shape index (κ2) is 5.01. The summed E-state index contributed by atoms with van der Waals surface area (Å²) in [6.07, 6.45) is 3.80. The SMILES string of the molecule is CCCn1nncc1-c1cc(CN)c2c(c1)CCO2. The van der Waals surface area contributed by atoms with Crippen molar-refractivity contribution in [1.29, 1.82) is 0 Å². The molecular weight excluding hydrogens is 240 g/mol. The Balaban J connectivity index is 2.08. The lowest BCUT2D eigenvalue weighted by molar-refractivity contribution is 0.353. The second-order valence-corrected chi connectivity index (χ2v) is 4.77. The fourth-order valence-electron chi connectivity index (χ4n) is 2.55. The van der Waals surface area contributed by atoms with Crippen LogP contribution in [0, 0.1) is 0 Å². The molecule has 0 bridgehead atoms. The molecule has 0 saturated heterocycles. The molecule has 0 aliphatic carbocycles. The van der Waals surface area contributed by atoms with Crippen molar-refractivity contribution in [2.24, 2.45) is 5.73 Å². The summed E-state index contributed by atoms with van der Waals surface area (Å²) in [6.45, 7) is 4.25. The Morgan fingerprint density at radius 2 is 2.32 bits per heavy atom. The molecule has 0 atom stereocenters. The van der Waals surface area contributed by atoms with Crippen molar-refractivity contribution in [2.45, 2.75) is 32.9 Å². The van der Waals surface area contributed by atoms with E-state index in [4.69, 9.17) is 10.5 Å². The zero-order valence-corrected chi connectivity index (χ0v) is 11.1. The third kappa shape index (κ3) is 2.10. The van der Waals surface area contributed by atoms with Crippen LogP contribution in [-0.2, 0) is 19.5 Å². The molecule has 0 spiro atoms. The van der Waals surface area contributed by atoms with E-state index in [2.05, 4.69) is 29.4 Å². The van der Waals surface area contributed by atoms with Crippen molar-refractivity contribution in [3.8, 4) is 17.0 Å². The van der Waals surface area contributed by atoms with Crippen molar-refractivity contribution < 1.29 is 4.74 Å². The Labute approximate surface area is 112 Å². The van der Waals surface area contributed by atoms with E-state index >= 15 is 0 Å². The number of nitrogens with two attached hydrogens (primary N) is 1. The van der Waals surface area contributed by atoms with E-state index in [0.29, 0.717) is 6.54 Å². The molecular formula is C14H18N4O. The lowest BCUT2D eigenvalue weighted by Crippen LogP contribution is -2.03. The first-order chi connectivity index (χ1) is 9.33. The molecule has 0 amide bonds. The smallest absolute Gasteiger partial charge is 0.127 e. The van der Waals surface area contributed by atoms with Gasteiger partial charge in [-0.05, 0) is 24.1 Å². The van der Waals surface area contributed by atoms with Gasteiger partial charge in [-0.3, -0.25) is 0 Å². The number of benzene rings is 1. The molecule has 2 aromatic rings. The van der Waals surface area contributed by atoms with Crippen LogP contribution in [0.3, 0.4) is 0 Å². The van der Waals surface area contributed by atoms with Gasteiger partial charge in [-0.25, -0.2) is 4.68 Å². The minimum Gasteiger partial charge on any atom is -0.493 e. The van der Waals surface area contributed by atoms with Crippen molar-refractivity contribution in [3.63, 3.8) is 0 Å². The average molecular weight is 258 g/mol. The minimum atomic E-state index is 0.492. The summed E-state index contributed by atoms with van der Waals surface area (Å²) < 4.78 is 7.59. The Morgan fingerprint density at radius 1 is 1.42 bits per heavy atom. The van der Waals surface area contributed by atoms with Gasteiger partial charge >= 0.3 is 0 Å². The molecule has 3 rings (SSSR count). The van der Waals surface area contributed by atoms with E-state index in [-0.39, 0.29) is 0 Å². The van der Waals surface area contributed by atoms with Crippen LogP contribution < -0.4 is 10.5 Å². The first-order valence-electron chi connectivity index (χ1n) is 6.71. The molecule has 0 saturated carbocycles. The van der Waals surface area contributed by atoms with E-state index in [0.717, 1.165) is 48.6 Å². The molecule has 5 nitrogen and oxygen atoms in total. The summed E-state index contributed by atoms with van der Waals surface area (Å²) in [4.78, 5) is 0. The van der Waals surface area contributed by atoms with Gasteiger partial charge in [-0.15, -0.1) is 5.10 Å². The van der Waals surface area contributed by atoms with Gasteiger partial charge < -0.3 is 10.5 Å². The van der Waals surface area contributed by atoms with E-state index in [1.807, 2.05) is 10.9 Å². The maximum atomic E-state index is 5.82. The first kappa shape index (κ1) is 12.2. The van der Waals surface area contributed by atoms with Crippen LogP contribution in [0.5, 0.6) is 5.75 Å². The maximum absolute atomic E-state index is 5.82. The van der Waals surface area contributed by atoms with Crippen LogP contribution >= 0.6 is 0 Å². The van der Waals surface area contributed by atoms with E-state index in [1.54, 1.807) is 0 Å². The standard InChI is InChI=1S/C14H18N4O/c1-2-4-18-13(9-16-17-18)11-6-10-3-5-19-14(10)12(7-11)8-15/h6-7,9H,2-5,8,15H2,1H3. The first-order valence-corrected chi connectivity index (χ1v) is 6.71. The summed E-state index contributed by atoms with van der Waals surface area (Å²) in [5.74, 6) is 0.973. The number of fused-ring (bicyclic) bond motifs is 1. The number of rotatable bonds is 4. The molecule has 0 unspecified atom stereocenters. The maximum Gasteiger partial charge on any atom is 0.127 e. The van der Waals surface area contributed by atoms with Gasteiger partial charge in [-0.1, -0.05) is 12.1 Å². The normalized spacial score (nSPS) is 13.4. The lowest BCUT2D eigenvalue weighted by Gasteiger charge is -2.10. The third-order valence-corrected chi connectivity index (χ3v) is 3.43.